The summed E-state index contributed by atoms with van der Waals surface area (Å²) in [4.78, 5) is 24.0. The van der Waals surface area contributed by atoms with Gasteiger partial charge >= 0.3 is 0 Å². The fourth-order valence-corrected chi connectivity index (χ4v) is 2.95. The van der Waals surface area contributed by atoms with Crippen molar-refractivity contribution in [1.29, 1.82) is 0 Å². The summed E-state index contributed by atoms with van der Waals surface area (Å²) in [6, 6.07) is 12.4. The molecule has 0 spiro atoms. The van der Waals surface area contributed by atoms with Crippen molar-refractivity contribution in [2.45, 2.75) is 6.92 Å². The molecule has 3 aromatic rings. The second kappa shape index (κ2) is 7.43. The van der Waals surface area contributed by atoms with Gasteiger partial charge in [0.25, 0.3) is 5.91 Å². The third kappa shape index (κ3) is 3.66. The number of nitrogens with zero attached hydrogens (tertiary/aromatic N) is 1. The first kappa shape index (κ1) is 17.6. The van der Waals surface area contributed by atoms with E-state index in [1.807, 2.05) is 18.2 Å². The SMILES string of the molecule is CC(=O)Nc1cccc(NC(=O)c2cn[nH]c2-c2ccc3c(c2)OCCO3)c1. The van der Waals surface area contributed by atoms with Gasteiger partial charge in [-0.25, -0.2) is 0 Å². The van der Waals surface area contributed by atoms with Gasteiger partial charge in [-0.15, -0.1) is 0 Å². The fourth-order valence-electron chi connectivity index (χ4n) is 2.95. The van der Waals surface area contributed by atoms with E-state index in [9.17, 15) is 9.59 Å². The molecule has 8 heteroatoms. The van der Waals surface area contributed by atoms with Crippen LogP contribution in [0.4, 0.5) is 11.4 Å². The van der Waals surface area contributed by atoms with Gasteiger partial charge in [0.05, 0.1) is 17.5 Å². The molecule has 0 saturated carbocycles. The van der Waals surface area contributed by atoms with E-state index >= 15 is 0 Å². The fraction of sp³-hybridized carbons (Fsp3) is 0.150. The predicted octanol–water partition coefficient (Wildman–Crippen LogP) is 3.06. The number of H-pyrrole nitrogens is 1. The standard InChI is InChI=1S/C20H18N4O4/c1-12(25)22-14-3-2-4-15(10-14)23-20(26)16-11-21-24-19(16)13-5-6-17-18(9-13)28-8-7-27-17/h2-6,9-11H,7-8H2,1H3,(H,21,24)(H,22,25)(H,23,26). The van der Waals surface area contributed by atoms with E-state index in [-0.39, 0.29) is 11.8 Å². The summed E-state index contributed by atoms with van der Waals surface area (Å²) in [5.74, 6) is 0.806. The largest absolute Gasteiger partial charge is 0.486 e. The van der Waals surface area contributed by atoms with Gasteiger partial charge in [-0.2, -0.15) is 5.10 Å². The van der Waals surface area contributed by atoms with Crippen molar-refractivity contribution in [3.8, 4) is 22.8 Å². The monoisotopic (exact) mass is 378 g/mol. The molecule has 1 aromatic heterocycles. The number of rotatable bonds is 4. The van der Waals surface area contributed by atoms with E-state index in [1.165, 1.54) is 13.1 Å². The van der Waals surface area contributed by atoms with Crippen LogP contribution in [0.3, 0.4) is 0 Å². The van der Waals surface area contributed by atoms with Gasteiger partial charge in [0.2, 0.25) is 5.91 Å². The number of aromatic amines is 1. The van der Waals surface area contributed by atoms with E-state index < -0.39 is 0 Å². The number of carbonyl (C=O) groups excluding carboxylic acids is 2. The molecule has 1 aliphatic rings. The van der Waals surface area contributed by atoms with Crippen molar-refractivity contribution < 1.29 is 19.1 Å². The van der Waals surface area contributed by atoms with Crippen molar-refractivity contribution in [2.75, 3.05) is 23.8 Å². The van der Waals surface area contributed by atoms with E-state index in [1.54, 1.807) is 24.3 Å². The van der Waals surface area contributed by atoms with Crippen LogP contribution < -0.4 is 20.1 Å². The van der Waals surface area contributed by atoms with Crippen LogP contribution in [0.1, 0.15) is 17.3 Å². The van der Waals surface area contributed by atoms with Crippen LogP contribution in [-0.4, -0.2) is 35.2 Å². The first-order valence-electron chi connectivity index (χ1n) is 8.72. The molecule has 0 aliphatic carbocycles. The summed E-state index contributed by atoms with van der Waals surface area (Å²) >= 11 is 0. The topological polar surface area (TPSA) is 105 Å². The lowest BCUT2D eigenvalue weighted by molar-refractivity contribution is -0.114. The first-order valence-corrected chi connectivity index (χ1v) is 8.72. The van der Waals surface area contributed by atoms with Crippen molar-refractivity contribution >= 4 is 23.2 Å². The summed E-state index contributed by atoms with van der Waals surface area (Å²) in [5, 5.41) is 12.4. The molecule has 0 bridgehead atoms. The van der Waals surface area contributed by atoms with Gasteiger partial charge in [0.1, 0.15) is 13.2 Å². The van der Waals surface area contributed by atoms with Gasteiger partial charge in [-0.1, -0.05) is 6.07 Å². The van der Waals surface area contributed by atoms with E-state index in [2.05, 4.69) is 20.8 Å². The number of hydrogen-bond donors (Lipinski definition) is 3. The second-order valence-corrected chi connectivity index (χ2v) is 6.23. The van der Waals surface area contributed by atoms with E-state index in [0.29, 0.717) is 47.3 Å². The van der Waals surface area contributed by atoms with Crippen LogP contribution in [0, 0.1) is 0 Å². The predicted molar refractivity (Wildman–Crippen MR) is 104 cm³/mol. The summed E-state index contributed by atoms with van der Waals surface area (Å²) < 4.78 is 11.1. The first-order chi connectivity index (χ1) is 13.6. The molecule has 0 unspecified atom stereocenters. The highest BCUT2D eigenvalue weighted by molar-refractivity contribution is 6.08. The van der Waals surface area contributed by atoms with Crippen molar-refractivity contribution in [3.63, 3.8) is 0 Å². The number of amides is 2. The Morgan fingerprint density at radius 3 is 2.54 bits per heavy atom. The van der Waals surface area contributed by atoms with Crippen molar-refractivity contribution in [1.82, 2.24) is 10.2 Å². The molecular weight excluding hydrogens is 360 g/mol. The number of benzene rings is 2. The molecule has 0 saturated heterocycles. The second-order valence-electron chi connectivity index (χ2n) is 6.23. The molecule has 1 aliphatic heterocycles. The molecule has 4 rings (SSSR count). The number of nitrogens with one attached hydrogen (secondary N) is 3. The highest BCUT2D eigenvalue weighted by Crippen LogP contribution is 2.35. The molecule has 0 radical (unpaired) electrons. The number of ether oxygens (including phenoxy) is 2. The summed E-state index contributed by atoms with van der Waals surface area (Å²) in [5.41, 5.74) is 2.89. The number of aromatic nitrogens is 2. The van der Waals surface area contributed by atoms with Gasteiger partial charge in [-0.05, 0) is 36.4 Å². The number of carbonyl (C=O) groups is 2. The average molecular weight is 378 g/mol. The molecule has 2 amide bonds. The molecule has 0 atom stereocenters. The maximum absolute atomic E-state index is 12.8. The molecule has 28 heavy (non-hydrogen) atoms. The maximum atomic E-state index is 12.8. The Labute approximate surface area is 160 Å². The number of anilines is 2. The van der Waals surface area contributed by atoms with E-state index in [4.69, 9.17) is 9.47 Å². The quantitative estimate of drug-likeness (QED) is 0.647. The lowest BCUT2D eigenvalue weighted by Gasteiger charge is -2.18. The molecule has 2 heterocycles. The summed E-state index contributed by atoms with van der Waals surface area (Å²) in [7, 11) is 0. The zero-order valence-corrected chi connectivity index (χ0v) is 15.1. The van der Waals surface area contributed by atoms with Gasteiger partial charge in [0.15, 0.2) is 11.5 Å². The highest BCUT2D eigenvalue weighted by atomic mass is 16.6. The Morgan fingerprint density at radius 1 is 1.00 bits per heavy atom. The third-order valence-electron chi connectivity index (χ3n) is 4.16. The zero-order valence-electron chi connectivity index (χ0n) is 15.1. The maximum Gasteiger partial charge on any atom is 0.259 e. The van der Waals surface area contributed by atoms with Crippen LogP contribution in [0.15, 0.2) is 48.7 Å². The minimum atomic E-state index is -0.321. The Bertz CT molecular complexity index is 1040. The van der Waals surface area contributed by atoms with Crippen LogP contribution in [0.5, 0.6) is 11.5 Å². The molecule has 2 aromatic carbocycles. The lowest BCUT2D eigenvalue weighted by atomic mass is 10.1. The summed E-state index contributed by atoms with van der Waals surface area (Å²) in [6.07, 6.45) is 1.47. The Kier molecular flexibility index (Phi) is 4.67. The average Bonchev–Trinajstić information content (AvgIpc) is 3.17. The minimum Gasteiger partial charge on any atom is -0.486 e. The molecule has 3 N–H and O–H groups in total. The van der Waals surface area contributed by atoms with Crippen molar-refractivity contribution in [3.05, 3.63) is 54.2 Å². The van der Waals surface area contributed by atoms with Crippen LogP contribution in [0.25, 0.3) is 11.3 Å². The van der Waals surface area contributed by atoms with Crippen LogP contribution >= 0.6 is 0 Å². The van der Waals surface area contributed by atoms with Crippen LogP contribution in [0.2, 0.25) is 0 Å². The summed E-state index contributed by atoms with van der Waals surface area (Å²) in [6.45, 7) is 2.43. The number of hydrogen-bond acceptors (Lipinski definition) is 5. The lowest BCUT2D eigenvalue weighted by Crippen LogP contribution is -2.15. The minimum absolute atomic E-state index is 0.181. The van der Waals surface area contributed by atoms with Gasteiger partial charge in [-0.3, -0.25) is 14.7 Å². The molecule has 142 valence electrons. The smallest absolute Gasteiger partial charge is 0.259 e. The normalized spacial score (nSPS) is 12.3. The zero-order chi connectivity index (χ0) is 19.5. The van der Waals surface area contributed by atoms with Crippen molar-refractivity contribution in [2.24, 2.45) is 0 Å². The Balaban J connectivity index is 1.57. The number of fused-ring (bicyclic) bond motifs is 1. The molecule has 0 fully saturated rings. The Morgan fingerprint density at radius 2 is 1.75 bits per heavy atom. The highest BCUT2D eigenvalue weighted by Gasteiger charge is 2.19. The molecule has 8 nitrogen and oxygen atoms in total. The molecular formula is C20H18N4O4. The van der Waals surface area contributed by atoms with E-state index in [0.717, 1.165) is 5.56 Å². The van der Waals surface area contributed by atoms with Gasteiger partial charge in [0, 0.05) is 23.9 Å². The van der Waals surface area contributed by atoms with Crippen LogP contribution in [-0.2, 0) is 4.79 Å². The third-order valence-corrected chi connectivity index (χ3v) is 4.16. The Hall–Kier alpha value is -3.81. The van der Waals surface area contributed by atoms with Gasteiger partial charge < -0.3 is 20.1 Å².